The highest BCUT2D eigenvalue weighted by molar-refractivity contribution is 5.96. The molecule has 1 saturated heterocycles. The van der Waals surface area contributed by atoms with Crippen molar-refractivity contribution in [2.45, 2.75) is 65.6 Å². The third-order valence-electron chi connectivity index (χ3n) is 7.86. The van der Waals surface area contributed by atoms with Crippen LogP contribution in [-0.2, 0) is 6.54 Å². The van der Waals surface area contributed by atoms with Crippen LogP contribution in [0.15, 0.2) is 55.1 Å². The van der Waals surface area contributed by atoms with Gasteiger partial charge in [0.05, 0.1) is 7.11 Å². The average molecular weight is 516 g/mol. The summed E-state index contributed by atoms with van der Waals surface area (Å²) in [6.45, 7) is 11.9. The number of hydrogen-bond donors (Lipinski definition) is 1. The number of ether oxygens (including phenoxy) is 1. The summed E-state index contributed by atoms with van der Waals surface area (Å²) in [5.41, 5.74) is 6.32. The molecule has 1 aliphatic heterocycles. The number of carbonyl (C=O) groups excluding carboxylic acids is 1. The maximum atomic E-state index is 12.7. The van der Waals surface area contributed by atoms with Crippen molar-refractivity contribution in [3.8, 4) is 5.75 Å². The van der Waals surface area contributed by atoms with E-state index in [1.807, 2.05) is 38.4 Å². The van der Waals surface area contributed by atoms with Gasteiger partial charge in [-0.05, 0) is 99.5 Å². The smallest absolute Gasteiger partial charge is 0.251 e. The quantitative estimate of drug-likeness (QED) is 0.406. The molecule has 1 N–H and O–H groups in total. The molecule has 1 aromatic carbocycles. The van der Waals surface area contributed by atoms with Gasteiger partial charge in [0, 0.05) is 74.3 Å². The predicted octanol–water partition coefficient (Wildman–Crippen LogP) is 5.09. The Hall–Kier alpha value is -3.45. The molecule has 3 aromatic rings. The summed E-state index contributed by atoms with van der Waals surface area (Å²) < 4.78 is 5.39. The molecular weight excluding hydrogens is 474 g/mol. The average Bonchev–Trinajstić information content (AvgIpc) is 2.93. The summed E-state index contributed by atoms with van der Waals surface area (Å²) in [6.07, 6.45) is 10.5. The Morgan fingerprint density at radius 2 is 1.71 bits per heavy atom. The van der Waals surface area contributed by atoms with Crippen LogP contribution in [0.1, 0.15) is 58.8 Å². The van der Waals surface area contributed by atoms with Crippen molar-refractivity contribution < 1.29 is 9.53 Å². The Kier molecular flexibility index (Phi) is 9.34. The fourth-order valence-electron chi connectivity index (χ4n) is 5.41. The Balaban J connectivity index is 1.34. The maximum absolute atomic E-state index is 12.7. The first-order valence-electron chi connectivity index (χ1n) is 13.6. The lowest BCUT2D eigenvalue weighted by Gasteiger charge is -2.42. The number of methoxy groups -OCH3 is 1. The summed E-state index contributed by atoms with van der Waals surface area (Å²) in [6, 6.07) is 11.3. The van der Waals surface area contributed by atoms with Gasteiger partial charge in [-0.1, -0.05) is 0 Å². The molecule has 0 spiro atoms. The maximum Gasteiger partial charge on any atom is 0.251 e. The number of anilines is 1. The Bertz CT molecular complexity index is 1180. The first-order valence-corrected chi connectivity index (χ1v) is 13.6. The number of nitrogens with zero attached hydrogens (tertiary/aromatic N) is 4. The second-order valence-electron chi connectivity index (χ2n) is 10.4. The van der Waals surface area contributed by atoms with E-state index in [4.69, 9.17) is 4.74 Å². The monoisotopic (exact) mass is 515 g/mol. The van der Waals surface area contributed by atoms with Gasteiger partial charge >= 0.3 is 0 Å². The van der Waals surface area contributed by atoms with Gasteiger partial charge in [0.2, 0.25) is 0 Å². The van der Waals surface area contributed by atoms with Crippen LogP contribution in [0.5, 0.6) is 5.75 Å². The van der Waals surface area contributed by atoms with Crippen LogP contribution in [0.25, 0.3) is 0 Å². The number of hydrogen-bond acceptors (Lipinski definition) is 6. The molecule has 4 rings (SSSR count). The van der Waals surface area contributed by atoms with Gasteiger partial charge in [-0.25, -0.2) is 0 Å². The van der Waals surface area contributed by atoms with Crippen LogP contribution < -0.4 is 15.0 Å². The summed E-state index contributed by atoms with van der Waals surface area (Å²) in [5.74, 6) is 0.866. The molecule has 0 bridgehead atoms. The highest BCUT2D eigenvalue weighted by Crippen LogP contribution is 2.29. The number of rotatable bonds is 10. The molecule has 3 heterocycles. The zero-order valence-corrected chi connectivity index (χ0v) is 23.4. The minimum absolute atomic E-state index is 0.00543. The molecular formula is C31H41N5O2. The molecule has 1 aliphatic rings. The number of pyridine rings is 2. The highest BCUT2D eigenvalue weighted by atomic mass is 16.5. The van der Waals surface area contributed by atoms with E-state index in [1.54, 1.807) is 19.5 Å². The van der Waals surface area contributed by atoms with Crippen LogP contribution in [0, 0.1) is 20.8 Å². The number of piperidine rings is 1. The van der Waals surface area contributed by atoms with Crippen LogP contribution in [0.4, 0.5) is 5.69 Å². The summed E-state index contributed by atoms with van der Waals surface area (Å²) in [4.78, 5) is 26.4. The van der Waals surface area contributed by atoms with Crippen LogP contribution in [-0.4, -0.2) is 59.6 Å². The first kappa shape index (κ1) is 27.6. The number of carbonyl (C=O) groups is 1. The Morgan fingerprint density at radius 3 is 2.34 bits per heavy atom. The van der Waals surface area contributed by atoms with Crippen molar-refractivity contribution in [1.82, 2.24) is 20.2 Å². The number of likely N-dealkylation sites (tertiary alicyclic amines) is 1. The SMILES string of the molecule is COc1ccc(N(Cc2cnccc2C)C2CCN([C@H](C)CCNC(=O)c3c(C)cncc3C)CC2)cc1. The first-order chi connectivity index (χ1) is 18.4. The second-order valence-corrected chi connectivity index (χ2v) is 10.4. The highest BCUT2D eigenvalue weighted by Gasteiger charge is 2.27. The van der Waals surface area contributed by atoms with E-state index in [1.165, 1.54) is 16.8 Å². The van der Waals surface area contributed by atoms with Gasteiger partial charge in [-0.2, -0.15) is 0 Å². The molecule has 7 nitrogen and oxygen atoms in total. The lowest BCUT2D eigenvalue weighted by Crippen LogP contribution is -2.48. The standard InChI is InChI=1S/C31H41N5O2/c1-22-10-14-32-20-26(22)21-36(27-6-8-29(38-5)9-7-27)28-12-16-35(17-13-28)25(4)11-15-34-31(37)30-23(2)18-33-19-24(30)3/h6-10,14,18-20,25,28H,11-13,15-17,21H2,1-5H3,(H,34,37)/t25-/m1/s1. The number of nitrogens with one attached hydrogen (secondary N) is 1. The fourth-order valence-corrected chi connectivity index (χ4v) is 5.41. The molecule has 1 atom stereocenters. The number of amides is 1. The van der Waals surface area contributed by atoms with Gasteiger partial charge in [-0.15, -0.1) is 0 Å². The van der Waals surface area contributed by atoms with Crippen LogP contribution in [0.2, 0.25) is 0 Å². The van der Waals surface area contributed by atoms with E-state index in [0.29, 0.717) is 18.6 Å². The number of benzene rings is 1. The number of aromatic nitrogens is 2. The number of aryl methyl sites for hydroxylation is 3. The molecule has 0 radical (unpaired) electrons. The zero-order valence-electron chi connectivity index (χ0n) is 23.4. The van der Waals surface area contributed by atoms with Gasteiger partial charge in [-0.3, -0.25) is 14.8 Å². The van der Waals surface area contributed by atoms with E-state index in [9.17, 15) is 4.79 Å². The van der Waals surface area contributed by atoms with Crippen molar-refractivity contribution in [1.29, 1.82) is 0 Å². The van der Waals surface area contributed by atoms with E-state index in [-0.39, 0.29) is 5.91 Å². The molecule has 7 heteroatoms. The third kappa shape index (κ3) is 6.70. The van der Waals surface area contributed by atoms with Crippen LogP contribution in [0.3, 0.4) is 0 Å². The molecule has 2 aromatic heterocycles. The third-order valence-corrected chi connectivity index (χ3v) is 7.86. The molecule has 1 amide bonds. The molecule has 202 valence electrons. The van der Waals surface area contributed by atoms with Gasteiger partial charge in [0.25, 0.3) is 5.91 Å². The van der Waals surface area contributed by atoms with Crippen molar-refractivity contribution in [3.63, 3.8) is 0 Å². The Morgan fingerprint density at radius 1 is 1.03 bits per heavy atom. The lowest BCUT2D eigenvalue weighted by molar-refractivity contribution is 0.0943. The zero-order chi connectivity index (χ0) is 27.1. The minimum Gasteiger partial charge on any atom is -0.497 e. The fraction of sp³-hybridized carbons (Fsp3) is 0.452. The summed E-state index contributed by atoms with van der Waals surface area (Å²) in [5, 5.41) is 3.12. The largest absolute Gasteiger partial charge is 0.497 e. The van der Waals surface area contributed by atoms with Gasteiger partial charge in [0.15, 0.2) is 0 Å². The van der Waals surface area contributed by atoms with Crippen molar-refractivity contribution in [3.05, 3.63) is 82.9 Å². The van der Waals surface area contributed by atoms with Gasteiger partial charge < -0.3 is 19.9 Å². The van der Waals surface area contributed by atoms with Gasteiger partial charge in [0.1, 0.15) is 5.75 Å². The van der Waals surface area contributed by atoms with Crippen molar-refractivity contribution in [2.24, 2.45) is 0 Å². The summed E-state index contributed by atoms with van der Waals surface area (Å²) >= 11 is 0. The van der Waals surface area contributed by atoms with Crippen LogP contribution >= 0.6 is 0 Å². The minimum atomic E-state index is -0.00543. The predicted molar refractivity (Wildman–Crippen MR) is 153 cm³/mol. The molecule has 38 heavy (non-hydrogen) atoms. The molecule has 0 saturated carbocycles. The molecule has 0 aliphatic carbocycles. The van der Waals surface area contributed by atoms with E-state index >= 15 is 0 Å². The van der Waals surface area contributed by atoms with Crippen molar-refractivity contribution in [2.75, 3.05) is 31.6 Å². The van der Waals surface area contributed by atoms with E-state index in [2.05, 4.69) is 57.1 Å². The normalized spacial score (nSPS) is 15.2. The van der Waals surface area contributed by atoms with E-state index < -0.39 is 0 Å². The topological polar surface area (TPSA) is 70.6 Å². The Labute approximate surface area is 227 Å². The van der Waals surface area contributed by atoms with Crippen molar-refractivity contribution >= 4 is 11.6 Å². The molecule has 1 fully saturated rings. The second kappa shape index (κ2) is 12.9. The molecule has 0 unspecified atom stereocenters. The summed E-state index contributed by atoms with van der Waals surface area (Å²) in [7, 11) is 1.70. The lowest BCUT2D eigenvalue weighted by atomic mass is 9.99. The van der Waals surface area contributed by atoms with E-state index in [0.717, 1.165) is 61.3 Å².